The molecular weight excluding hydrogens is 429 g/mol. The van der Waals surface area contributed by atoms with E-state index in [0.29, 0.717) is 12.5 Å². The van der Waals surface area contributed by atoms with Crippen LogP contribution in [0.1, 0.15) is 63.6 Å². The maximum absolute atomic E-state index is 14.1. The zero-order valence-electron chi connectivity index (χ0n) is 21.1. The van der Waals surface area contributed by atoms with Crippen LogP contribution >= 0.6 is 0 Å². The Morgan fingerprint density at radius 2 is 1.85 bits per heavy atom. The van der Waals surface area contributed by atoms with Crippen molar-refractivity contribution < 1.29 is 9.18 Å². The molecule has 7 heteroatoms. The molecule has 0 bridgehead atoms. The van der Waals surface area contributed by atoms with Crippen molar-refractivity contribution in [3.8, 4) is 5.69 Å². The molecule has 2 aliphatic rings. The number of likely N-dealkylation sites (N-methyl/N-ethyl adjacent to an activating group) is 1. The SMILES string of the molecule is CCCN(Cc1c(C)nn(-c2cccc(F)c2)c1N1CCN(CC)CC1)C(=O)C1CCCCC1. The van der Waals surface area contributed by atoms with Crippen molar-refractivity contribution >= 4 is 11.7 Å². The van der Waals surface area contributed by atoms with E-state index in [9.17, 15) is 9.18 Å². The maximum atomic E-state index is 14.1. The lowest BCUT2D eigenvalue weighted by atomic mass is 9.88. The van der Waals surface area contributed by atoms with Gasteiger partial charge in [0.25, 0.3) is 0 Å². The second kappa shape index (κ2) is 11.3. The monoisotopic (exact) mass is 469 g/mol. The van der Waals surface area contributed by atoms with Gasteiger partial charge in [-0.25, -0.2) is 9.07 Å². The number of halogens is 1. The smallest absolute Gasteiger partial charge is 0.225 e. The predicted octanol–water partition coefficient (Wildman–Crippen LogP) is 4.78. The molecule has 0 N–H and O–H groups in total. The minimum atomic E-state index is -0.269. The van der Waals surface area contributed by atoms with Crippen molar-refractivity contribution in [3.05, 3.63) is 41.3 Å². The first-order valence-electron chi connectivity index (χ1n) is 13.1. The molecule has 0 atom stereocenters. The van der Waals surface area contributed by atoms with Crippen molar-refractivity contribution in [1.82, 2.24) is 19.6 Å². The van der Waals surface area contributed by atoms with E-state index in [1.807, 2.05) is 17.7 Å². The highest BCUT2D eigenvalue weighted by Crippen LogP contribution is 2.32. The number of hydrogen-bond acceptors (Lipinski definition) is 4. The highest BCUT2D eigenvalue weighted by atomic mass is 19.1. The van der Waals surface area contributed by atoms with Gasteiger partial charge >= 0.3 is 0 Å². The molecule has 0 radical (unpaired) electrons. The zero-order valence-corrected chi connectivity index (χ0v) is 21.1. The predicted molar refractivity (Wildman–Crippen MR) is 135 cm³/mol. The number of benzene rings is 1. The van der Waals surface area contributed by atoms with Crippen LogP contribution in [0.3, 0.4) is 0 Å². The van der Waals surface area contributed by atoms with Gasteiger partial charge in [-0.15, -0.1) is 0 Å². The second-order valence-electron chi connectivity index (χ2n) is 9.80. The molecule has 0 spiro atoms. The van der Waals surface area contributed by atoms with Gasteiger partial charge in [-0.3, -0.25) is 4.79 Å². The third kappa shape index (κ3) is 5.45. The number of anilines is 1. The van der Waals surface area contributed by atoms with Gasteiger partial charge in [0.1, 0.15) is 11.6 Å². The Morgan fingerprint density at radius 1 is 1.12 bits per heavy atom. The normalized spacial score (nSPS) is 17.8. The number of aromatic nitrogens is 2. The van der Waals surface area contributed by atoms with Crippen molar-refractivity contribution in [1.29, 1.82) is 0 Å². The molecule has 1 amide bonds. The summed E-state index contributed by atoms with van der Waals surface area (Å²) in [6.07, 6.45) is 6.49. The first-order valence-corrected chi connectivity index (χ1v) is 13.1. The average molecular weight is 470 g/mol. The molecule has 1 aliphatic heterocycles. The van der Waals surface area contributed by atoms with Crippen molar-refractivity contribution in [2.45, 2.75) is 65.8 Å². The molecule has 2 fully saturated rings. The molecule has 6 nitrogen and oxygen atoms in total. The summed E-state index contributed by atoms with van der Waals surface area (Å²) in [4.78, 5) is 20.4. The summed E-state index contributed by atoms with van der Waals surface area (Å²) >= 11 is 0. The van der Waals surface area contributed by atoms with Gasteiger partial charge in [-0.2, -0.15) is 5.10 Å². The Bertz CT molecular complexity index is 960. The van der Waals surface area contributed by atoms with Gasteiger partial charge in [0.2, 0.25) is 5.91 Å². The fraction of sp³-hybridized carbons (Fsp3) is 0.630. The van der Waals surface area contributed by atoms with E-state index in [-0.39, 0.29) is 11.7 Å². The fourth-order valence-electron chi connectivity index (χ4n) is 5.46. The molecule has 1 saturated carbocycles. The second-order valence-corrected chi connectivity index (χ2v) is 9.80. The molecule has 2 aromatic rings. The van der Waals surface area contributed by atoms with Gasteiger partial charge < -0.3 is 14.7 Å². The third-order valence-corrected chi connectivity index (χ3v) is 7.44. The number of carbonyl (C=O) groups excluding carboxylic acids is 1. The molecule has 2 heterocycles. The number of amides is 1. The Balaban J connectivity index is 1.69. The first kappa shape index (κ1) is 24.7. The lowest BCUT2D eigenvalue weighted by Gasteiger charge is -2.36. The van der Waals surface area contributed by atoms with E-state index in [2.05, 4.69) is 28.5 Å². The number of carbonyl (C=O) groups is 1. The standard InChI is InChI=1S/C27H40FN5O/c1-4-14-32(27(34)22-10-7-6-8-11-22)20-25-21(3)29-33(24-13-9-12-23(28)19-24)26(25)31-17-15-30(5-2)16-18-31/h9,12-13,19,22H,4-8,10-11,14-18,20H2,1-3H3. The van der Waals surface area contributed by atoms with Gasteiger partial charge in [0, 0.05) is 44.2 Å². The molecule has 34 heavy (non-hydrogen) atoms. The maximum Gasteiger partial charge on any atom is 0.225 e. The molecule has 1 aromatic carbocycles. The van der Waals surface area contributed by atoms with E-state index in [1.54, 1.807) is 12.1 Å². The number of nitrogens with zero attached hydrogens (tertiary/aromatic N) is 5. The van der Waals surface area contributed by atoms with Crippen LogP contribution in [0, 0.1) is 18.7 Å². The van der Waals surface area contributed by atoms with E-state index >= 15 is 0 Å². The van der Waals surface area contributed by atoms with Crippen LogP contribution < -0.4 is 4.90 Å². The lowest BCUT2D eigenvalue weighted by molar-refractivity contribution is -0.137. The first-order chi connectivity index (χ1) is 16.5. The summed E-state index contributed by atoms with van der Waals surface area (Å²) < 4.78 is 16.0. The Kier molecular flexibility index (Phi) is 8.24. The van der Waals surface area contributed by atoms with Crippen LogP contribution in [0.4, 0.5) is 10.2 Å². The molecule has 1 aliphatic carbocycles. The minimum Gasteiger partial charge on any atom is -0.354 e. The van der Waals surface area contributed by atoms with Crippen LogP contribution in [-0.4, -0.2) is 64.8 Å². The van der Waals surface area contributed by atoms with Gasteiger partial charge in [0.15, 0.2) is 0 Å². The largest absolute Gasteiger partial charge is 0.354 e. The quantitative estimate of drug-likeness (QED) is 0.558. The number of piperazine rings is 1. The summed E-state index contributed by atoms with van der Waals surface area (Å²) in [5.41, 5.74) is 2.73. The van der Waals surface area contributed by atoms with Gasteiger partial charge in [-0.1, -0.05) is 39.2 Å². The average Bonchev–Trinajstić information content (AvgIpc) is 3.19. The molecule has 1 aromatic heterocycles. The summed E-state index contributed by atoms with van der Waals surface area (Å²) in [6, 6.07) is 6.64. The number of hydrogen-bond donors (Lipinski definition) is 0. The Morgan fingerprint density at radius 3 is 2.50 bits per heavy atom. The lowest BCUT2D eigenvalue weighted by Crippen LogP contribution is -2.47. The van der Waals surface area contributed by atoms with E-state index in [4.69, 9.17) is 5.10 Å². The van der Waals surface area contributed by atoms with E-state index in [1.165, 1.54) is 12.5 Å². The fourth-order valence-corrected chi connectivity index (χ4v) is 5.46. The van der Waals surface area contributed by atoms with Crippen molar-refractivity contribution in [2.24, 2.45) is 5.92 Å². The van der Waals surface area contributed by atoms with Crippen molar-refractivity contribution in [2.75, 3.05) is 44.2 Å². The third-order valence-electron chi connectivity index (χ3n) is 7.44. The Hall–Kier alpha value is -2.41. The zero-order chi connectivity index (χ0) is 24.1. The molecular formula is C27H40FN5O. The summed E-state index contributed by atoms with van der Waals surface area (Å²) in [5.74, 6) is 1.18. The van der Waals surface area contributed by atoms with Crippen LogP contribution in [-0.2, 0) is 11.3 Å². The van der Waals surface area contributed by atoms with E-state index < -0.39 is 0 Å². The summed E-state index contributed by atoms with van der Waals surface area (Å²) in [5, 5.41) is 4.88. The number of rotatable bonds is 8. The molecule has 1 saturated heterocycles. The van der Waals surface area contributed by atoms with Gasteiger partial charge in [-0.05, 0) is 50.9 Å². The Labute approximate surface area is 203 Å². The molecule has 186 valence electrons. The van der Waals surface area contributed by atoms with Crippen LogP contribution in [0.2, 0.25) is 0 Å². The highest BCUT2D eigenvalue weighted by molar-refractivity contribution is 5.79. The van der Waals surface area contributed by atoms with Crippen LogP contribution in [0.15, 0.2) is 24.3 Å². The highest BCUT2D eigenvalue weighted by Gasteiger charge is 2.30. The summed E-state index contributed by atoms with van der Waals surface area (Å²) in [7, 11) is 0. The van der Waals surface area contributed by atoms with Crippen LogP contribution in [0.5, 0.6) is 0 Å². The van der Waals surface area contributed by atoms with Crippen LogP contribution in [0.25, 0.3) is 5.69 Å². The minimum absolute atomic E-state index is 0.149. The molecule has 4 rings (SSSR count). The summed E-state index contributed by atoms with van der Waals surface area (Å²) in [6.45, 7) is 12.5. The van der Waals surface area contributed by atoms with Gasteiger partial charge in [0.05, 0.1) is 17.9 Å². The molecule has 0 unspecified atom stereocenters. The van der Waals surface area contributed by atoms with E-state index in [0.717, 1.165) is 94.1 Å². The topological polar surface area (TPSA) is 44.6 Å². The van der Waals surface area contributed by atoms with Crippen molar-refractivity contribution in [3.63, 3.8) is 0 Å². The number of aryl methyl sites for hydroxylation is 1.